The Morgan fingerprint density at radius 1 is 1.03 bits per heavy atom. The van der Waals surface area contributed by atoms with Crippen molar-refractivity contribution in [3.8, 4) is 0 Å². The zero-order chi connectivity index (χ0) is 25.9. The van der Waals surface area contributed by atoms with Gasteiger partial charge >= 0.3 is 0 Å². The monoisotopic (exact) mass is 572 g/mol. The molecule has 0 saturated heterocycles. The minimum atomic E-state index is -3.95. The van der Waals surface area contributed by atoms with Crippen molar-refractivity contribution in [2.24, 2.45) is 0 Å². The Labute approximate surface area is 219 Å². The first-order chi connectivity index (χ1) is 17.1. The molecule has 0 bridgehead atoms. The number of sulfone groups is 1. The number of halogens is 1. The summed E-state index contributed by atoms with van der Waals surface area (Å²) in [6, 6.07) is 11.4. The molecular formula is C25H29BrN6O3S. The lowest BCUT2D eigenvalue weighted by Gasteiger charge is -2.30. The summed E-state index contributed by atoms with van der Waals surface area (Å²) >= 11 is 3.31. The predicted molar refractivity (Wildman–Crippen MR) is 142 cm³/mol. The molecule has 11 heteroatoms. The van der Waals surface area contributed by atoms with Gasteiger partial charge in [0.15, 0.2) is 5.03 Å². The van der Waals surface area contributed by atoms with Gasteiger partial charge in [0.2, 0.25) is 15.8 Å². The van der Waals surface area contributed by atoms with E-state index in [4.69, 9.17) is 0 Å². The van der Waals surface area contributed by atoms with Crippen LogP contribution in [-0.2, 0) is 9.84 Å². The Morgan fingerprint density at radius 3 is 2.36 bits per heavy atom. The highest BCUT2D eigenvalue weighted by atomic mass is 79.9. The first kappa shape index (κ1) is 26.0. The molecule has 1 aliphatic carbocycles. The first-order valence-electron chi connectivity index (χ1n) is 11.7. The van der Waals surface area contributed by atoms with Crippen LogP contribution in [0.4, 0.5) is 11.8 Å². The van der Waals surface area contributed by atoms with Gasteiger partial charge in [-0.05, 0) is 69.0 Å². The van der Waals surface area contributed by atoms with Gasteiger partial charge in [-0.25, -0.2) is 18.4 Å². The summed E-state index contributed by atoms with van der Waals surface area (Å²) in [5.74, 6) is 1.01. The van der Waals surface area contributed by atoms with E-state index in [9.17, 15) is 13.2 Å². The maximum Gasteiger partial charge on any atom is 0.254 e. The van der Waals surface area contributed by atoms with Crippen LogP contribution >= 0.6 is 15.9 Å². The fourth-order valence-electron chi connectivity index (χ4n) is 4.18. The van der Waals surface area contributed by atoms with Crippen LogP contribution in [0.3, 0.4) is 0 Å². The van der Waals surface area contributed by atoms with Crippen molar-refractivity contribution >= 4 is 43.4 Å². The van der Waals surface area contributed by atoms with Crippen LogP contribution < -0.4 is 15.5 Å². The van der Waals surface area contributed by atoms with Gasteiger partial charge in [-0.15, -0.1) is 0 Å². The number of aryl methyl sites for hydroxylation is 1. The first-order valence-corrected chi connectivity index (χ1v) is 14.0. The third-order valence-corrected chi connectivity index (χ3v) is 8.34. The van der Waals surface area contributed by atoms with E-state index in [1.54, 1.807) is 18.2 Å². The van der Waals surface area contributed by atoms with Crippen molar-refractivity contribution in [2.45, 2.75) is 54.6 Å². The number of hydrogen-bond donors (Lipinski definition) is 2. The Morgan fingerprint density at radius 2 is 1.69 bits per heavy atom. The van der Waals surface area contributed by atoms with Crippen LogP contribution in [0, 0.1) is 6.92 Å². The van der Waals surface area contributed by atoms with Gasteiger partial charge < -0.3 is 15.5 Å². The molecule has 36 heavy (non-hydrogen) atoms. The molecule has 3 aromatic rings. The fourth-order valence-corrected chi connectivity index (χ4v) is 5.81. The average Bonchev–Trinajstić information content (AvgIpc) is 2.85. The third-order valence-electron chi connectivity index (χ3n) is 6.09. The van der Waals surface area contributed by atoms with Crippen LogP contribution in [0.1, 0.15) is 41.7 Å². The molecule has 2 aromatic heterocycles. The summed E-state index contributed by atoms with van der Waals surface area (Å²) < 4.78 is 27.1. The van der Waals surface area contributed by atoms with Gasteiger partial charge in [-0.3, -0.25) is 4.79 Å². The number of hydrogen-bond acceptors (Lipinski definition) is 8. The Hall–Kier alpha value is -3.05. The molecule has 4 rings (SSSR count). The van der Waals surface area contributed by atoms with Gasteiger partial charge in [0, 0.05) is 48.6 Å². The van der Waals surface area contributed by atoms with Crippen molar-refractivity contribution in [1.29, 1.82) is 0 Å². The SMILES string of the molecule is Cc1cc(N(C)C)nc(NC2CCC(NC(=O)c3cccnc3S(=O)(=O)c3ccc(Br)cc3)CC2)n1. The Kier molecular flexibility index (Phi) is 7.89. The molecule has 190 valence electrons. The molecule has 1 saturated carbocycles. The minimum absolute atomic E-state index is 0.0463. The van der Waals surface area contributed by atoms with Gasteiger partial charge in [0.05, 0.1) is 10.5 Å². The number of amides is 1. The van der Waals surface area contributed by atoms with Gasteiger partial charge in [0.25, 0.3) is 5.91 Å². The number of nitrogens with one attached hydrogen (secondary N) is 2. The number of anilines is 2. The lowest BCUT2D eigenvalue weighted by Crippen LogP contribution is -2.40. The highest BCUT2D eigenvalue weighted by molar-refractivity contribution is 9.10. The number of pyridine rings is 1. The van der Waals surface area contributed by atoms with Crippen molar-refractivity contribution < 1.29 is 13.2 Å². The van der Waals surface area contributed by atoms with Gasteiger partial charge in [-0.1, -0.05) is 15.9 Å². The summed E-state index contributed by atoms with van der Waals surface area (Å²) in [5, 5.41) is 6.19. The maximum absolute atomic E-state index is 13.2. The lowest BCUT2D eigenvalue weighted by molar-refractivity contribution is 0.0922. The molecule has 1 amide bonds. The molecule has 1 aliphatic rings. The van der Waals surface area contributed by atoms with E-state index in [-0.39, 0.29) is 27.6 Å². The number of rotatable bonds is 7. The van der Waals surface area contributed by atoms with E-state index in [1.807, 2.05) is 32.0 Å². The van der Waals surface area contributed by atoms with E-state index >= 15 is 0 Å². The van der Waals surface area contributed by atoms with Crippen LogP contribution in [-0.4, -0.2) is 55.5 Å². The van der Waals surface area contributed by atoms with Crippen LogP contribution in [0.15, 0.2) is 63.1 Å². The smallest absolute Gasteiger partial charge is 0.254 e. The molecule has 0 unspecified atom stereocenters. The number of aromatic nitrogens is 3. The molecule has 1 aromatic carbocycles. The average molecular weight is 574 g/mol. The highest BCUT2D eigenvalue weighted by Crippen LogP contribution is 2.26. The van der Waals surface area contributed by atoms with Crippen molar-refractivity contribution in [2.75, 3.05) is 24.3 Å². The second kappa shape index (κ2) is 10.9. The number of benzene rings is 1. The largest absolute Gasteiger partial charge is 0.363 e. The molecule has 0 aliphatic heterocycles. The standard InChI is InChI=1S/C25H29BrN6O3S/c1-16-15-22(32(2)3)31-25(28-16)30-19-10-8-18(9-11-19)29-23(33)21-5-4-14-27-24(21)36(34,35)20-12-6-17(26)7-13-20/h4-7,12-15,18-19H,8-11H2,1-3H3,(H,29,33)(H,28,30,31). The zero-order valence-electron chi connectivity index (χ0n) is 20.4. The summed E-state index contributed by atoms with van der Waals surface area (Å²) in [4.78, 5) is 28.3. The molecule has 9 nitrogen and oxygen atoms in total. The Bertz CT molecular complexity index is 1340. The van der Waals surface area contributed by atoms with Crippen molar-refractivity contribution in [1.82, 2.24) is 20.3 Å². The van der Waals surface area contributed by atoms with E-state index < -0.39 is 15.7 Å². The second-order valence-electron chi connectivity index (χ2n) is 9.07. The molecule has 0 spiro atoms. The van der Waals surface area contributed by atoms with Gasteiger partial charge in [0.1, 0.15) is 5.82 Å². The second-order valence-corrected chi connectivity index (χ2v) is 11.8. The normalized spacial score (nSPS) is 17.9. The molecule has 2 N–H and O–H groups in total. The van der Waals surface area contributed by atoms with E-state index in [2.05, 4.69) is 41.5 Å². The number of carbonyl (C=O) groups excluding carboxylic acids is 1. The van der Waals surface area contributed by atoms with Crippen molar-refractivity contribution in [3.05, 3.63) is 64.4 Å². The highest BCUT2D eigenvalue weighted by Gasteiger charge is 2.28. The van der Waals surface area contributed by atoms with E-state index in [0.717, 1.165) is 41.7 Å². The molecule has 0 radical (unpaired) electrons. The zero-order valence-corrected chi connectivity index (χ0v) is 22.8. The maximum atomic E-state index is 13.2. The van der Waals surface area contributed by atoms with Crippen LogP contribution in [0.5, 0.6) is 0 Å². The van der Waals surface area contributed by atoms with Crippen LogP contribution in [0.25, 0.3) is 0 Å². The molecule has 1 fully saturated rings. The van der Waals surface area contributed by atoms with Crippen LogP contribution in [0.2, 0.25) is 0 Å². The summed E-state index contributed by atoms with van der Waals surface area (Å²) in [6.07, 6.45) is 4.55. The summed E-state index contributed by atoms with van der Waals surface area (Å²) in [7, 11) is -0.0656. The lowest BCUT2D eigenvalue weighted by atomic mass is 9.91. The molecular weight excluding hydrogens is 544 g/mol. The summed E-state index contributed by atoms with van der Waals surface area (Å²) in [5.41, 5.74) is 0.938. The quantitative estimate of drug-likeness (QED) is 0.436. The number of carbonyl (C=O) groups is 1. The van der Waals surface area contributed by atoms with E-state index in [1.165, 1.54) is 24.4 Å². The summed E-state index contributed by atoms with van der Waals surface area (Å²) in [6.45, 7) is 1.94. The molecule has 0 atom stereocenters. The van der Waals surface area contributed by atoms with Crippen molar-refractivity contribution in [3.63, 3.8) is 0 Å². The fraction of sp³-hybridized carbons (Fsp3) is 0.360. The van der Waals surface area contributed by atoms with E-state index in [0.29, 0.717) is 5.95 Å². The third kappa shape index (κ3) is 6.01. The van der Waals surface area contributed by atoms with Gasteiger partial charge in [-0.2, -0.15) is 4.98 Å². The number of nitrogens with zero attached hydrogens (tertiary/aromatic N) is 4. The Balaban J connectivity index is 1.41. The molecule has 2 heterocycles. The topological polar surface area (TPSA) is 117 Å². The predicted octanol–water partition coefficient (Wildman–Crippen LogP) is 3.99. The minimum Gasteiger partial charge on any atom is -0.363 e.